The van der Waals surface area contributed by atoms with Crippen LogP contribution in [0.4, 0.5) is 10.1 Å². The predicted molar refractivity (Wildman–Crippen MR) is 118 cm³/mol. The van der Waals surface area contributed by atoms with Crippen LogP contribution < -0.4 is 10.6 Å². The standard InChI is InChI=1S/C23H22FN3O.ClH/c24-19-7-4-17(5-8-19)18-6-9-21-22(10-13-27-23(21)15-18)26-12-2-11-25-16-20-3-1-14-28-20;/h1,3-10,13-15,25H,2,11-12,16H2,(H,26,27);1H. The lowest BCUT2D eigenvalue weighted by Gasteiger charge is -2.11. The molecule has 6 heteroatoms. The zero-order valence-electron chi connectivity index (χ0n) is 15.9. The summed E-state index contributed by atoms with van der Waals surface area (Å²) >= 11 is 0. The van der Waals surface area contributed by atoms with Gasteiger partial charge in [-0.2, -0.15) is 0 Å². The number of pyridine rings is 1. The molecule has 0 aliphatic rings. The van der Waals surface area contributed by atoms with Crippen LogP contribution in [0.3, 0.4) is 0 Å². The first kappa shape index (κ1) is 20.8. The number of benzene rings is 2. The Hall–Kier alpha value is -2.89. The molecule has 0 atom stereocenters. The smallest absolute Gasteiger partial charge is 0.123 e. The molecule has 0 saturated heterocycles. The molecule has 2 heterocycles. The Morgan fingerprint density at radius 1 is 0.931 bits per heavy atom. The van der Waals surface area contributed by atoms with Crippen molar-refractivity contribution in [1.29, 1.82) is 0 Å². The molecule has 0 fully saturated rings. The van der Waals surface area contributed by atoms with Gasteiger partial charge in [-0.3, -0.25) is 4.98 Å². The number of halogens is 2. The fraction of sp³-hybridized carbons (Fsp3) is 0.174. The maximum absolute atomic E-state index is 13.1. The summed E-state index contributed by atoms with van der Waals surface area (Å²) < 4.78 is 18.4. The van der Waals surface area contributed by atoms with Crippen LogP contribution in [0.2, 0.25) is 0 Å². The zero-order valence-corrected chi connectivity index (χ0v) is 16.7. The van der Waals surface area contributed by atoms with Crippen LogP contribution in [0, 0.1) is 5.82 Å². The van der Waals surface area contributed by atoms with Gasteiger partial charge in [0.2, 0.25) is 0 Å². The van der Waals surface area contributed by atoms with Gasteiger partial charge < -0.3 is 15.1 Å². The quantitative estimate of drug-likeness (QED) is 0.368. The van der Waals surface area contributed by atoms with Gasteiger partial charge in [-0.15, -0.1) is 12.4 Å². The number of fused-ring (bicyclic) bond motifs is 1. The van der Waals surface area contributed by atoms with E-state index in [-0.39, 0.29) is 18.2 Å². The Bertz CT molecular complexity index is 1040. The Morgan fingerprint density at radius 3 is 2.55 bits per heavy atom. The maximum Gasteiger partial charge on any atom is 0.123 e. The van der Waals surface area contributed by atoms with Crippen molar-refractivity contribution in [3.8, 4) is 11.1 Å². The van der Waals surface area contributed by atoms with Crippen molar-refractivity contribution in [2.75, 3.05) is 18.4 Å². The molecule has 0 radical (unpaired) electrons. The Kier molecular flexibility index (Phi) is 7.22. The Labute approximate surface area is 175 Å². The summed E-state index contributed by atoms with van der Waals surface area (Å²) in [7, 11) is 0. The normalized spacial score (nSPS) is 10.7. The second-order valence-corrected chi connectivity index (χ2v) is 6.63. The van der Waals surface area contributed by atoms with E-state index in [4.69, 9.17) is 4.42 Å². The lowest BCUT2D eigenvalue weighted by Crippen LogP contribution is -2.17. The summed E-state index contributed by atoms with van der Waals surface area (Å²) in [6.07, 6.45) is 4.50. The summed E-state index contributed by atoms with van der Waals surface area (Å²) in [6.45, 7) is 2.52. The Balaban J connectivity index is 0.00000240. The highest BCUT2D eigenvalue weighted by atomic mass is 35.5. The highest BCUT2D eigenvalue weighted by Crippen LogP contribution is 2.27. The van der Waals surface area contributed by atoms with Gasteiger partial charge >= 0.3 is 0 Å². The highest BCUT2D eigenvalue weighted by Gasteiger charge is 2.05. The van der Waals surface area contributed by atoms with Crippen LogP contribution in [0.1, 0.15) is 12.2 Å². The number of anilines is 1. The molecule has 4 nitrogen and oxygen atoms in total. The van der Waals surface area contributed by atoms with E-state index < -0.39 is 0 Å². The number of hydrogen-bond acceptors (Lipinski definition) is 4. The number of furan rings is 1. The molecule has 0 aliphatic heterocycles. The SMILES string of the molecule is Cl.Fc1ccc(-c2ccc3c(NCCCNCc4ccco4)ccnc3c2)cc1. The van der Waals surface area contributed by atoms with Gasteiger partial charge in [-0.25, -0.2) is 4.39 Å². The van der Waals surface area contributed by atoms with Crippen molar-refractivity contribution in [1.82, 2.24) is 10.3 Å². The van der Waals surface area contributed by atoms with Crippen molar-refractivity contribution >= 4 is 29.0 Å². The summed E-state index contributed by atoms with van der Waals surface area (Å²) in [5.41, 5.74) is 4.00. The van der Waals surface area contributed by atoms with Gasteiger partial charge in [0.05, 0.1) is 18.3 Å². The van der Waals surface area contributed by atoms with E-state index in [0.717, 1.165) is 59.5 Å². The fourth-order valence-corrected chi connectivity index (χ4v) is 3.19. The first-order chi connectivity index (χ1) is 13.8. The first-order valence-electron chi connectivity index (χ1n) is 9.41. The second-order valence-electron chi connectivity index (χ2n) is 6.63. The zero-order chi connectivity index (χ0) is 19.2. The molecular formula is C23H23ClFN3O. The van der Waals surface area contributed by atoms with Crippen LogP contribution in [0.15, 0.2) is 77.5 Å². The molecule has 0 amide bonds. The lowest BCUT2D eigenvalue weighted by atomic mass is 10.0. The van der Waals surface area contributed by atoms with Gasteiger partial charge in [0.25, 0.3) is 0 Å². The number of aromatic nitrogens is 1. The third-order valence-corrected chi connectivity index (χ3v) is 4.65. The minimum absolute atomic E-state index is 0. The summed E-state index contributed by atoms with van der Waals surface area (Å²) in [4.78, 5) is 4.49. The molecule has 29 heavy (non-hydrogen) atoms. The molecular weight excluding hydrogens is 389 g/mol. The molecule has 150 valence electrons. The van der Waals surface area contributed by atoms with Crippen LogP contribution in [-0.2, 0) is 6.54 Å². The van der Waals surface area contributed by atoms with E-state index >= 15 is 0 Å². The molecule has 2 aromatic heterocycles. The lowest BCUT2D eigenvalue weighted by molar-refractivity contribution is 0.482. The van der Waals surface area contributed by atoms with E-state index in [9.17, 15) is 4.39 Å². The van der Waals surface area contributed by atoms with Crippen molar-refractivity contribution < 1.29 is 8.81 Å². The summed E-state index contributed by atoms with van der Waals surface area (Å²) in [5, 5.41) is 7.94. The average molecular weight is 412 g/mol. The molecule has 0 aliphatic carbocycles. The molecule has 0 saturated carbocycles. The number of hydrogen-bond donors (Lipinski definition) is 2. The summed E-state index contributed by atoms with van der Waals surface area (Å²) in [5.74, 6) is 0.720. The molecule has 0 spiro atoms. The van der Waals surface area contributed by atoms with E-state index in [1.165, 1.54) is 12.1 Å². The number of rotatable bonds is 8. The average Bonchev–Trinajstić information content (AvgIpc) is 3.24. The van der Waals surface area contributed by atoms with Gasteiger partial charge in [0.1, 0.15) is 11.6 Å². The highest BCUT2D eigenvalue weighted by molar-refractivity contribution is 5.93. The summed E-state index contributed by atoms with van der Waals surface area (Å²) in [6, 6.07) is 18.5. The molecule has 0 bridgehead atoms. The van der Waals surface area contributed by atoms with Gasteiger partial charge in [-0.1, -0.05) is 24.3 Å². The minimum atomic E-state index is -0.229. The first-order valence-corrected chi connectivity index (χ1v) is 9.41. The van der Waals surface area contributed by atoms with Gasteiger partial charge in [0, 0.05) is 23.8 Å². The minimum Gasteiger partial charge on any atom is -0.468 e. The monoisotopic (exact) mass is 411 g/mol. The topological polar surface area (TPSA) is 50.1 Å². The molecule has 2 N–H and O–H groups in total. The van der Waals surface area contributed by atoms with E-state index in [1.807, 2.05) is 36.5 Å². The number of nitrogens with one attached hydrogen (secondary N) is 2. The molecule has 4 aromatic rings. The van der Waals surface area contributed by atoms with Crippen LogP contribution in [-0.4, -0.2) is 18.1 Å². The van der Waals surface area contributed by atoms with Crippen molar-refractivity contribution in [2.45, 2.75) is 13.0 Å². The predicted octanol–water partition coefficient (Wildman–Crippen LogP) is 5.65. The molecule has 4 rings (SSSR count). The van der Waals surface area contributed by atoms with E-state index in [0.29, 0.717) is 0 Å². The molecule has 2 aromatic carbocycles. The van der Waals surface area contributed by atoms with Crippen LogP contribution in [0.5, 0.6) is 0 Å². The van der Waals surface area contributed by atoms with E-state index in [2.05, 4.69) is 21.7 Å². The Morgan fingerprint density at radius 2 is 1.76 bits per heavy atom. The van der Waals surface area contributed by atoms with Gasteiger partial charge in [-0.05, 0) is 60.5 Å². The van der Waals surface area contributed by atoms with Crippen molar-refractivity contribution in [2.24, 2.45) is 0 Å². The second kappa shape index (κ2) is 10.0. The fourth-order valence-electron chi connectivity index (χ4n) is 3.19. The van der Waals surface area contributed by atoms with Crippen molar-refractivity contribution in [3.63, 3.8) is 0 Å². The third kappa shape index (κ3) is 5.34. The van der Waals surface area contributed by atoms with E-state index in [1.54, 1.807) is 18.4 Å². The third-order valence-electron chi connectivity index (χ3n) is 4.65. The van der Waals surface area contributed by atoms with Gasteiger partial charge in [0.15, 0.2) is 0 Å². The van der Waals surface area contributed by atoms with Crippen LogP contribution >= 0.6 is 12.4 Å². The molecule has 0 unspecified atom stereocenters. The van der Waals surface area contributed by atoms with Crippen molar-refractivity contribution in [3.05, 3.63) is 84.7 Å². The maximum atomic E-state index is 13.1. The van der Waals surface area contributed by atoms with Crippen LogP contribution in [0.25, 0.3) is 22.0 Å². The largest absolute Gasteiger partial charge is 0.468 e. The number of nitrogens with zero attached hydrogens (tertiary/aromatic N) is 1.